The Hall–Kier alpha value is -2.57. The van der Waals surface area contributed by atoms with Crippen LogP contribution < -0.4 is 14.8 Å². The van der Waals surface area contributed by atoms with Gasteiger partial charge in [0.1, 0.15) is 0 Å². The van der Waals surface area contributed by atoms with Crippen molar-refractivity contribution >= 4 is 34.0 Å². The topological polar surface area (TPSA) is 60.5 Å². The molecule has 7 heteroatoms. The summed E-state index contributed by atoms with van der Waals surface area (Å²) in [5.74, 6) is 1.08. The van der Waals surface area contributed by atoms with Crippen molar-refractivity contribution in [1.29, 1.82) is 0 Å². The van der Waals surface area contributed by atoms with E-state index in [1.807, 2.05) is 37.3 Å². The lowest BCUT2D eigenvalue weighted by Crippen LogP contribution is -2.14. The molecule has 140 valence electrons. The molecule has 0 aliphatic heterocycles. The van der Waals surface area contributed by atoms with Crippen molar-refractivity contribution in [2.45, 2.75) is 13.3 Å². The number of nitrogens with zero attached hydrogens (tertiary/aromatic N) is 1. The second-order valence-corrected chi connectivity index (χ2v) is 7.48. The Bertz CT molecular complexity index is 954. The van der Waals surface area contributed by atoms with Gasteiger partial charge in [-0.25, -0.2) is 4.98 Å². The summed E-state index contributed by atoms with van der Waals surface area (Å²) < 4.78 is 10.5. The number of hydrogen-bond donors (Lipinski definition) is 1. The predicted molar refractivity (Wildman–Crippen MR) is 109 cm³/mol. The summed E-state index contributed by atoms with van der Waals surface area (Å²) in [7, 11) is 3.14. The lowest BCUT2D eigenvalue weighted by Gasteiger charge is -2.09. The quantitative estimate of drug-likeness (QED) is 0.632. The Labute approximate surface area is 166 Å². The van der Waals surface area contributed by atoms with E-state index in [-0.39, 0.29) is 12.3 Å². The third kappa shape index (κ3) is 4.59. The summed E-state index contributed by atoms with van der Waals surface area (Å²) in [4.78, 5) is 18.0. The maximum Gasteiger partial charge on any atom is 0.230 e. The Balaban J connectivity index is 1.71. The van der Waals surface area contributed by atoms with Crippen molar-refractivity contribution in [1.82, 2.24) is 4.98 Å². The molecular weight excluding hydrogens is 384 g/mol. The zero-order valence-electron chi connectivity index (χ0n) is 15.2. The fraction of sp³-hybridized carbons (Fsp3) is 0.200. The van der Waals surface area contributed by atoms with Gasteiger partial charge in [-0.2, -0.15) is 0 Å². The van der Waals surface area contributed by atoms with Crippen molar-refractivity contribution in [2.75, 3.05) is 19.5 Å². The van der Waals surface area contributed by atoms with Gasteiger partial charge in [0.25, 0.3) is 0 Å². The van der Waals surface area contributed by atoms with E-state index in [4.69, 9.17) is 21.1 Å². The second kappa shape index (κ2) is 8.41. The van der Waals surface area contributed by atoms with Crippen molar-refractivity contribution < 1.29 is 14.3 Å². The molecule has 0 aliphatic carbocycles. The van der Waals surface area contributed by atoms with Gasteiger partial charge in [-0.3, -0.25) is 4.79 Å². The van der Waals surface area contributed by atoms with Crippen LogP contribution in [0.5, 0.6) is 11.5 Å². The van der Waals surface area contributed by atoms with E-state index in [0.717, 1.165) is 21.7 Å². The molecule has 0 aliphatic rings. The van der Waals surface area contributed by atoms with E-state index in [1.165, 1.54) is 11.3 Å². The van der Waals surface area contributed by atoms with Gasteiger partial charge in [0.05, 0.1) is 26.3 Å². The number of aromatic nitrogens is 1. The van der Waals surface area contributed by atoms with Crippen LogP contribution in [0.2, 0.25) is 5.02 Å². The normalized spacial score (nSPS) is 10.5. The van der Waals surface area contributed by atoms with Crippen LogP contribution in [0.15, 0.2) is 42.5 Å². The zero-order valence-corrected chi connectivity index (χ0v) is 16.8. The summed E-state index contributed by atoms with van der Waals surface area (Å²) in [5.41, 5.74) is 2.64. The fourth-order valence-corrected chi connectivity index (χ4v) is 3.64. The summed E-state index contributed by atoms with van der Waals surface area (Å²) in [6, 6.07) is 12.9. The molecule has 3 aromatic rings. The van der Waals surface area contributed by atoms with E-state index in [0.29, 0.717) is 21.7 Å². The second-order valence-electron chi connectivity index (χ2n) is 5.84. The number of ether oxygens (including phenoxy) is 2. The van der Waals surface area contributed by atoms with E-state index in [9.17, 15) is 4.79 Å². The molecule has 0 unspecified atom stereocenters. The number of hydrogen-bond acceptors (Lipinski definition) is 5. The van der Waals surface area contributed by atoms with Crippen molar-refractivity contribution in [3.63, 3.8) is 0 Å². The summed E-state index contributed by atoms with van der Waals surface area (Å²) in [6.07, 6.45) is 0.218. The first-order valence-electron chi connectivity index (χ1n) is 8.24. The molecule has 0 radical (unpaired) electrons. The van der Waals surface area contributed by atoms with Crippen molar-refractivity contribution in [2.24, 2.45) is 0 Å². The molecule has 1 aromatic heterocycles. The molecule has 3 rings (SSSR count). The van der Waals surface area contributed by atoms with E-state index >= 15 is 0 Å². The Morgan fingerprint density at radius 1 is 1.11 bits per heavy atom. The highest BCUT2D eigenvalue weighted by atomic mass is 35.5. The SMILES string of the molecule is COc1ccc(CC(=O)Nc2nc(-c3ccc(Cl)cc3)c(C)s2)cc1OC. The monoisotopic (exact) mass is 402 g/mol. The highest BCUT2D eigenvalue weighted by molar-refractivity contribution is 7.16. The van der Waals surface area contributed by atoms with Crippen LogP contribution >= 0.6 is 22.9 Å². The van der Waals surface area contributed by atoms with Crippen LogP contribution in [-0.2, 0) is 11.2 Å². The van der Waals surface area contributed by atoms with E-state index in [2.05, 4.69) is 10.3 Å². The summed E-state index contributed by atoms with van der Waals surface area (Å²) in [5, 5.41) is 4.12. The molecule has 0 bridgehead atoms. The van der Waals surface area contributed by atoms with Gasteiger partial charge >= 0.3 is 0 Å². The number of rotatable bonds is 6. The van der Waals surface area contributed by atoms with Crippen LogP contribution in [0.1, 0.15) is 10.4 Å². The minimum Gasteiger partial charge on any atom is -0.493 e. The molecular formula is C20H19ClN2O3S. The Morgan fingerprint density at radius 3 is 2.48 bits per heavy atom. The lowest BCUT2D eigenvalue weighted by molar-refractivity contribution is -0.115. The minimum atomic E-state index is -0.140. The van der Waals surface area contributed by atoms with Gasteiger partial charge < -0.3 is 14.8 Å². The number of anilines is 1. The Kier molecular flexibility index (Phi) is 5.98. The largest absolute Gasteiger partial charge is 0.493 e. The van der Waals surface area contributed by atoms with Gasteiger partial charge in [0.15, 0.2) is 16.6 Å². The first-order valence-corrected chi connectivity index (χ1v) is 9.43. The number of amides is 1. The molecule has 0 fully saturated rings. The molecule has 2 aromatic carbocycles. The van der Waals surface area contributed by atoms with E-state index in [1.54, 1.807) is 26.4 Å². The minimum absolute atomic E-state index is 0.140. The van der Waals surface area contributed by atoms with Gasteiger partial charge in [-0.15, -0.1) is 11.3 Å². The number of methoxy groups -OCH3 is 2. The van der Waals surface area contributed by atoms with Gasteiger partial charge in [0.2, 0.25) is 5.91 Å². The van der Waals surface area contributed by atoms with Crippen molar-refractivity contribution in [3.8, 4) is 22.8 Å². The highest BCUT2D eigenvalue weighted by Gasteiger charge is 2.13. The first kappa shape index (κ1) is 19.2. The molecule has 27 heavy (non-hydrogen) atoms. The molecule has 1 heterocycles. The Morgan fingerprint density at radius 2 is 1.81 bits per heavy atom. The van der Waals surface area contributed by atoms with Gasteiger partial charge in [-0.05, 0) is 36.8 Å². The van der Waals surface area contributed by atoms with Crippen LogP contribution in [0.25, 0.3) is 11.3 Å². The molecule has 1 amide bonds. The number of carbonyl (C=O) groups excluding carboxylic acids is 1. The molecule has 1 N–H and O–H groups in total. The average molecular weight is 403 g/mol. The van der Waals surface area contributed by atoms with Gasteiger partial charge in [-0.1, -0.05) is 29.8 Å². The average Bonchev–Trinajstić information content (AvgIpc) is 3.02. The maximum atomic E-state index is 12.4. The third-order valence-corrected chi connectivity index (χ3v) is 5.11. The number of nitrogens with one attached hydrogen (secondary N) is 1. The first-order chi connectivity index (χ1) is 13.0. The fourth-order valence-electron chi connectivity index (χ4n) is 2.66. The van der Waals surface area contributed by atoms with Crippen molar-refractivity contribution in [3.05, 3.63) is 57.9 Å². The third-order valence-electron chi connectivity index (χ3n) is 3.97. The van der Waals surface area contributed by atoms with Crippen LogP contribution in [0.4, 0.5) is 5.13 Å². The standard InChI is InChI=1S/C20H19ClN2O3S/c1-12-19(14-5-7-15(21)8-6-14)23-20(27-12)22-18(24)11-13-4-9-16(25-2)17(10-13)26-3/h4-10H,11H2,1-3H3,(H,22,23,24). The van der Waals surface area contributed by atoms with Gasteiger partial charge in [0, 0.05) is 15.5 Å². The van der Waals surface area contributed by atoms with Crippen LogP contribution in [0, 0.1) is 6.92 Å². The molecule has 0 saturated heterocycles. The molecule has 0 spiro atoms. The number of carbonyl (C=O) groups is 1. The van der Waals surface area contributed by atoms with Crippen LogP contribution in [-0.4, -0.2) is 25.1 Å². The zero-order chi connectivity index (χ0) is 19.4. The maximum absolute atomic E-state index is 12.4. The van der Waals surface area contributed by atoms with Crippen LogP contribution in [0.3, 0.4) is 0 Å². The highest BCUT2D eigenvalue weighted by Crippen LogP contribution is 2.31. The number of halogens is 1. The number of thiazole rings is 1. The molecule has 0 saturated carbocycles. The predicted octanol–water partition coefficient (Wildman–Crippen LogP) is 4.97. The number of aryl methyl sites for hydroxylation is 1. The van der Waals surface area contributed by atoms with E-state index < -0.39 is 0 Å². The summed E-state index contributed by atoms with van der Waals surface area (Å²) in [6.45, 7) is 1.98. The smallest absolute Gasteiger partial charge is 0.230 e. The lowest BCUT2D eigenvalue weighted by atomic mass is 10.1. The molecule has 5 nitrogen and oxygen atoms in total. The molecule has 0 atom stereocenters. The number of benzene rings is 2. The summed E-state index contributed by atoms with van der Waals surface area (Å²) >= 11 is 7.38.